The molecule has 1 aromatic carbocycles. The number of ketones is 1. The van der Waals surface area contributed by atoms with Crippen LogP contribution in [0, 0.1) is 0 Å². The van der Waals surface area contributed by atoms with Gasteiger partial charge in [-0.3, -0.25) is 4.79 Å². The van der Waals surface area contributed by atoms with E-state index in [9.17, 15) is 18.0 Å². The van der Waals surface area contributed by atoms with Crippen molar-refractivity contribution in [1.82, 2.24) is 0 Å². The number of carbonyl (C=O) groups is 2. The fraction of sp³-hybridized carbons (Fsp3) is 0.333. The first-order valence-electron chi connectivity index (χ1n) is 5.32. The third-order valence-corrected chi connectivity index (χ3v) is 3.95. The number of hydrogen-bond acceptors (Lipinski definition) is 4. The molecule has 0 heterocycles. The Morgan fingerprint density at radius 1 is 1.17 bits per heavy atom. The highest BCUT2D eigenvalue weighted by molar-refractivity contribution is 7.90. The third kappa shape index (κ3) is 4.67. The van der Waals surface area contributed by atoms with Crippen LogP contribution in [0.3, 0.4) is 0 Å². The van der Waals surface area contributed by atoms with Gasteiger partial charge in [0.25, 0.3) is 0 Å². The van der Waals surface area contributed by atoms with Crippen LogP contribution in [-0.4, -0.2) is 31.0 Å². The predicted molar refractivity (Wildman–Crippen MR) is 66.2 cm³/mol. The van der Waals surface area contributed by atoms with Gasteiger partial charge < -0.3 is 5.11 Å². The van der Waals surface area contributed by atoms with Crippen molar-refractivity contribution >= 4 is 21.6 Å². The molecular formula is C12H14O5S. The lowest BCUT2D eigenvalue weighted by Crippen LogP contribution is -2.12. The Labute approximate surface area is 105 Å². The molecule has 0 aliphatic rings. The summed E-state index contributed by atoms with van der Waals surface area (Å²) in [6, 6.07) is 5.65. The first-order chi connectivity index (χ1) is 8.30. The van der Waals surface area contributed by atoms with Crippen LogP contribution in [0.4, 0.5) is 0 Å². The fourth-order valence-corrected chi connectivity index (χ4v) is 2.81. The number of Topliss-reactive ketones (excluding diaryl/α,β-unsaturated/α-hetero) is 1. The number of carbonyl (C=O) groups excluding carboxylic acids is 1. The summed E-state index contributed by atoms with van der Waals surface area (Å²) < 4.78 is 23.3. The molecule has 0 aliphatic carbocycles. The van der Waals surface area contributed by atoms with Crippen molar-refractivity contribution in [3.63, 3.8) is 0 Å². The van der Waals surface area contributed by atoms with E-state index in [1.165, 1.54) is 31.2 Å². The van der Waals surface area contributed by atoms with E-state index in [1.54, 1.807) is 0 Å². The maximum atomic E-state index is 11.7. The minimum atomic E-state index is -3.33. The summed E-state index contributed by atoms with van der Waals surface area (Å²) in [5.74, 6) is -1.58. The Morgan fingerprint density at radius 2 is 1.72 bits per heavy atom. The Hall–Kier alpha value is -1.69. The van der Waals surface area contributed by atoms with E-state index < -0.39 is 15.8 Å². The highest BCUT2D eigenvalue weighted by Crippen LogP contribution is 2.10. The van der Waals surface area contributed by atoms with Crippen molar-refractivity contribution in [1.29, 1.82) is 0 Å². The summed E-state index contributed by atoms with van der Waals surface area (Å²) in [6.45, 7) is 1.34. The molecule has 0 saturated carbocycles. The second-order valence-corrected chi connectivity index (χ2v) is 6.23. The highest BCUT2D eigenvalue weighted by atomic mass is 32.2. The van der Waals surface area contributed by atoms with E-state index in [4.69, 9.17) is 5.11 Å². The van der Waals surface area contributed by atoms with Gasteiger partial charge >= 0.3 is 5.97 Å². The van der Waals surface area contributed by atoms with Crippen molar-refractivity contribution in [2.45, 2.75) is 19.1 Å². The minimum absolute atomic E-state index is 0.00947. The molecule has 0 bridgehead atoms. The Balaban J connectivity index is 2.72. The standard InChI is InChI=1S/C12H14O5S/c1-9(13)6-7-18(16,17)8-10-2-4-11(5-3-10)12(14)15/h2-5H,6-8H2,1H3,(H,14,15). The van der Waals surface area contributed by atoms with E-state index >= 15 is 0 Å². The number of benzene rings is 1. The van der Waals surface area contributed by atoms with Gasteiger partial charge in [-0.05, 0) is 24.6 Å². The van der Waals surface area contributed by atoms with E-state index in [0.717, 1.165) is 0 Å². The van der Waals surface area contributed by atoms with Gasteiger partial charge in [0.1, 0.15) is 5.78 Å². The first kappa shape index (κ1) is 14.4. The quantitative estimate of drug-likeness (QED) is 0.841. The molecule has 5 nitrogen and oxygen atoms in total. The summed E-state index contributed by atoms with van der Waals surface area (Å²) in [4.78, 5) is 21.4. The van der Waals surface area contributed by atoms with Crippen molar-refractivity contribution < 1.29 is 23.1 Å². The van der Waals surface area contributed by atoms with Gasteiger partial charge in [0.15, 0.2) is 9.84 Å². The molecule has 1 aromatic rings. The summed E-state index contributed by atoms with van der Waals surface area (Å²) in [6.07, 6.45) is 0.00947. The van der Waals surface area contributed by atoms with Crippen LogP contribution in [-0.2, 0) is 20.4 Å². The molecular weight excluding hydrogens is 256 g/mol. The molecule has 1 N–H and O–H groups in total. The van der Waals surface area contributed by atoms with Crippen molar-refractivity contribution in [2.24, 2.45) is 0 Å². The van der Waals surface area contributed by atoms with Gasteiger partial charge in [-0.2, -0.15) is 0 Å². The van der Waals surface area contributed by atoms with E-state index in [1.807, 2.05) is 0 Å². The van der Waals surface area contributed by atoms with Gasteiger partial charge in [-0.25, -0.2) is 13.2 Å². The summed E-state index contributed by atoms with van der Waals surface area (Å²) in [5.41, 5.74) is 0.628. The zero-order valence-electron chi connectivity index (χ0n) is 9.92. The number of carboxylic acid groups (broad SMARTS) is 1. The SMILES string of the molecule is CC(=O)CCS(=O)(=O)Cc1ccc(C(=O)O)cc1. The van der Waals surface area contributed by atoms with E-state index in [-0.39, 0.29) is 29.3 Å². The average molecular weight is 270 g/mol. The van der Waals surface area contributed by atoms with Crippen molar-refractivity contribution in [3.05, 3.63) is 35.4 Å². The van der Waals surface area contributed by atoms with Crippen LogP contribution >= 0.6 is 0 Å². The average Bonchev–Trinajstić information content (AvgIpc) is 2.27. The lowest BCUT2D eigenvalue weighted by Gasteiger charge is -2.03. The summed E-state index contributed by atoms with van der Waals surface area (Å²) in [5, 5.41) is 8.70. The smallest absolute Gasteiger partial charge is 0.335 e. The molecule has 0 fully saturated rings. The van der Waals surface area contributed by atoms with Crippen LogP contribution < -0.4 is 0 Å². The van der Waals surface area contributed by atoms with E-state index in [0.29, 0.717) is 5.56 Å². The summed E-state index contributed by atoms with van der Waals surface area (Å²) in [7, 11) is -3.33. The first-order valence-corrected chi connectivity index (χ1v) is 7.14. The minimum Gasteiger partial charge on any atom is -0.478 e. The molecule has 18 heavy (non-hydrogen) atoms. The van der Waals surface area contributed by atoms with Crippen LogP contribution in [0.15, 0.2) is 24.3 Å². The number of sulfone groups is 1. The number of hydrogen-bond donors (Lipinski definition) is 1. The maximum Gasteiger partial charge on any atom is 0.335 e. The highest BCUT2D eigenvalue weighted by Gasteiger charge is 2.13. The molecule has 1 rings (SSSR count). The zero-order valence-corrected chi connectivity index (χ0v) is 10.7. The Morgan fingerprint density at radius 3 is 2.17 bits per heavy atom. The normalized spacial score (nSPS) is 11.2. The molecule has 0 aromatic heterocycles. The fourth-order valence-electron chi connectivity index (χ4n) is 1.37. The number of aromatic carboxylic acids is 1. The zero-order chi connectivity index (χ0) is 13.8. The maximum absolute atomic E-state index is 11.7. The second kappa shape index (κ2) is 5.77. The topological polar surface area (TPSA) is 88.5 Å². The lowest BCUT2D eigenvalue weighted by molar-refractivity contribution is -0.116. The lowest BCUT2D eigenvalue weighted by atomic mass is 10.1. The Bertz CT molecular complexity index is 542. The van der Waals surface area contributed by atoms with Gasteiger partial charge in [0.2, 0.25) is 0 Å². The van der Waals surface area contributed by atoms with Crippen LogP contribution in [0.2, 0.25) is 0 Å². The van der Waals surface area contributed by atoms with Gasteiger partial charge in [-0.1, -0.05) is 12.1 Å². The molecule has 0 unspecified atom stereocenters. The van der Waals surface area contributed by atoms with E-state index in [2.05, 4.69) is 0 Å². The molecule has 0 amide bonds. The van der Waals surface area contributed by atoms with Crippen LogP contribution in [0.1, 0.15) is 29.3 Å². The molecule has 0 spiro atoms. The third-order valence-electron chi connectivity index (χ3n) is 2.35. The van der Waals surface area contributed by atoms with Crippen LogP contribution in [0.5, 0.6) is 0 Å². The van der Waals surface area contributed by atoms with Gasteiger partial charge in [0.05, 0.1) is 17.1 Å². The predicted octanol–water partition coefficient (Wildman–Crippen LogP) is 1.28. The molecule has 0 saturated heterocycles. The molecule has 6 heteroatoms. The van der Waals surface area contributed by atoms with Crippen LogP contribution in [0.25, 0.3) is 0 Å². The molecule has 98 valence electrons. The van der Waals surface area contributed by atoms with Crippen molar-refractivity contribution in [2.75, 3.05) is 5.75 Å². The number of rotatable bonds is 6. The van der Waals surface area contributed by atoms with Gasteiger partial charge in [-0.15, -0.1) is 0 Å². The largest absolute Gasteiger partial charge is 0.478 e. The Kier molecular flexibility index (Phi) is 4.61. The second-order valence-electron chi connectivity index (χ2n) is 4.05. The monoisotopic (exact) mass is 270 g/mol. The number of carboxylic acids is 1. The summed E-state index contributed by atoms with van der Waals surface area (Å²) >= 11 is 0. The molecule has 0 atom stereocenters. The van der Waals surface area contributed by atoms with Crippen molar-refractivity contribution in [3.8, 4) is 0 Å². The molecule has 0 radical (unpaired) electrons. The molecule has 0 aliphatic heterocycles. The van der Waals surface area contributed by atoms with Gasteiger partial charge in [0, 0.05) is 6.42 Å².